The van der Waals surface area contributed by atoms with Crippen LogP contribution in [0.25, 0.3) is 0 Å². The van der Waals surface area contributed by atoms with E-state index in [9.17, 15) is 4.79 Å². The summed E-state index contributed by atoms with van der Waals surface area (Å²) in [4.78, 5) is 11.9. The molecule has 0 radical (unpaired) electrons. The maximum atomic E-state index is 11.9. The lowest BCUT2D eigenvalue weighted by Crippen LogP contribution is -2.38. The van der Waals surface area contributed by atoms with Gasteiger partial charge in [-0.15, -0.1) is 0 Å². The van der Waals surface area contributed by atoms with Crippen molar-refractivity contribution in [2.75, 3.05) is 13.1 Å². The van der Waals surface area contributed by atoms with E-state index >= 15 is 0 Å². The predicted molar refractivity (Wildman–Crippen MR) is 86.6 cm³/mol. The van der Waals surface area contributed by atoms with Crippen LogP contribution >= 0.6 is 0 Å². The van der Waals surface area contributed by atoms with Gasteiger partial charge in [-0.3, -0.25) is 4.79 Å². The minimum atomic E-state index is 0.171. The highest BCUT2D eigenvalue weighted by Crippen LogP contribution is 2.32. The lowest BCUT2D eigenvalue weighted by molar-refractivity contribution is -0.121. The van der Waals surface area contributed by atoms with Crippen LogP contribution in [0.3, 0.4) is 0 Å². The molecule has 4 heteroatoms. The van der Waals surface area contributed by atoms with Crippen LogP contribution in [-0.4, -0.2) is 19.0 Å². The zero-order chi connectivity index (χ0) is 14.9. The molecule has 2 aliphatic heterocycles. The van der Waals surface area contributed by atoms with E-state index < -0.39 is 0 Å². The molecule has 2 aliphatic carbocycles. The number of carbonyl (C=O) groups excluding carboxylic acids is 1. The molecule has 22 heavy (non-hydrogen) atoms. The van der Waals surface area contributed by atoms with Crippen LogP contribution in [0, 0.1) is 11.8 Å². The largest absolute Gasteiger partial charge is 0.384 e. The van der Waals surface area contributed by atoms with Crippen LogP contribution in [0.5, 0.6) is 0 Å². The molecule has 0 aromatic rings. The maximum absolute atomic E-state index is 11.9. The molecule has 3 N–H and O–H groups in total. The third kappa shape index (κ3) is 2.92. The van der Waals surface area contributed by atoms with Gasteiger partial charge in [-0.1, -0.05) is 19.3 Å². The Bertz CT molecular complexity index is 563. The van der Waals surface area contributed by atoms with Gasteiger partial charge >= 0.3 is 0 Å². The van der Waals surface area contributed by atoms with Gasteiger partial charge in [-0.05, 0) is 54.9 Å². The number of rotatable bonds is 3. The summed E-state index contributed by atoms with van der Waals surface area (Å²) in [6.07, 6.45) is 13.3. The average molecular weight is 299 g/mol. The van der Waals surface area contributed by atoms with E-state index in [0.717, 1.165) is 37.7 Å². The summed E-state index contributed by atoms with van der Waals surface area (Å²) in [7, 11) is 0. The number of carbonyl (C=O) groups is 1. The SMILES string of the molecule is O=C(NC1=CC2=C(C=C(C3CCCCC3)NC2)CN1)C1CC1. The summed E-state index contributed by atoms with van der Waals surface area (Å²) in [5.74, 6) is 2.01. The molecule has 0 bridgehead atoms. The highest BCUT2D eigenvalue weighted by Gasteiger charge is 2.30. The molecule has 0 atom stereocenters. The Balaban J connectivity index is 1.46. The van der Waals surface area contributed by atoms with Crippen molar-refractivity contribution < 1.29 is 4.79 Å². The normalized spacial score (nSPS) is 25.5. The number of dihydropyridines is 2. The second-order valence-electron chi connectivity index (χ2n) is 7.01. The lowest BCUT2D eigenvalue weighted by Gasteiger charge is -2.31. The number of hydrogen-bond acceptors (Lipinski definition) is 3. The van der Waals surface area contributed by atoms with Crippen molar-refractivity contribution in [1.29, 1.82) is 0 Å². The fourth-order valence-electron chi connectivity index (χ4n) is 3.70. The van der Waals surface area contributed by atoms with Gasteiger partial charge in [0.25, 0.3) is 0 Å². The summed E-state index contributed by atoms with van der Waals surface area (Å²) >= 11 is 0. The fraction of sp³-hybridized carbons (Fsp3) is 0.611. The molecule has 2 fully saturated rings. The van der Waals surface area contributed by atoms with Crippen LogP contribution in [-0.2, 0) is 4.79 Å². The number of hydrogen-bond donors (Lipinski definition) is 3. The molecule has 2 saturated carbocycles. The van der Waals surface area contributed by atoms with E-state index in [1.54, 1.807) is 0 Å². The number of amides is 1. The Morgan fingerprint density at radius 3 is 2.45 bits per heavy atom. The van der Waals surface area contributed by atoms with E-state index in [0.29, 0.717) is 0 Å². The second-order valence-corrected chi connectivity index (χ2v) is 7.01. The minimum Gasteiger partial charge on any atom is -0.384 e. The zero-order valence-electron chi connectivity index (χ0n) is 13.1. The molecular weight excluding hydrogens is 274 g/mol. The first-order chi connectivity index (χ1) is 10.8. The van der Waals surface area contributed by atoms with Crippen molar-refractivity contribution >= 4 is 5.91 Å². The van der Waals surface area contributed by atoms with Crippen LogP contribution < -0.4 is 16.0 Å². The highest BCUT2D eigenvalue weighted by molar-refractivity contribution is 5.82. The summed E-state index contributed by atoms with van der Waals surface area (Å²) in [6.45, 7) is 1.71. The van der Waals surface area contributed by atoms with Gasteiger partial charge < -0.3 is 16.0 Å². The average Bonchev–Trinajstić information content (AvgIpc) is 3.40. The standard InChI is InChI=1S/C18H25N3O/c22-18(13-6-7-13)21-17-9-15-10-19-16(8-14(15)11-20-17)12-4-2-1-3-5-12/h8-9,12-13,19-20H,1-7,10-11H2,(H,21,22). The summed E-state index contributed by atoms with van der Waals surface area (Å²) in [5, 5.41) is 9.99. The van der Waals surface area contributed by atoms with Gasteiger partial charge in [-0.25, -0.2) is 0 Å². The van der Waals surface area contributed by atoms with Gasteiger partial charge in [0, 0.05) is 24.7 Å². The van der Waals surface area contributed by atoms with Crippen LogP contribution in [0.1, 0.15) is 44.9 Å². The monoisotopic (exact) mass is 299 g/mol. The van der Waals surface area contributed by atoms with Gasteiger partial charge in [0.1, 0.15) is 5.82 Å². The molecule has 4 nitrogen and oxygen atoms in total. The fourth-order valence-corrected chi connectivity index (χ4v) is 3.70. The van der Waals surface area contributed by atoms with Crippen molar-refractivity contribution in [2.45, 2.75) is 44.9 Å². The van der Waals surface area contributed by atoms with E-state index in [4.69, 9.17) is 0 Å². The Morgan fingerprint density at radius 1 is 0.955 bits per heavy atom. The summed E-state index contributed by atoms with van der Waals surface area (Å²) in [6, 6.07) is 0. The van der Waals surface area contributed by atoms with Crippen LogP contribution in [0.15, 0.2) is 34.8 Å². The molecular formula is C18H25N3O. The Labute approximate surface area is 132 Å². The first kappa shape index (κ1) is 13.9. The van der Waals surface area contributed by atoms with Crippen LogP contribution in [0.2, 0.25) is 0 Å². The van der Waals surface area contributed by atoms with Gasteiger partial charge in [0.2, 0.25) is 5.91 Å². The molecule has 2 heterocycles. The molecule has 4 rings (SSSR count). The summed E-state index contributed by atoms with van der Waals surface area (Å²) < 4.78 is 0. The predicted octanol–water partition coefficient (Wildman–Crippen LogP) is 2.32. The maximum Gasteiger partial charge on any atom is 0.228 e. The molecule has 0 saturated heterocycles. The highest BCUT2D eigenvalue weighted by atomic mass is 16.2. The second kappa shape index (κ2) is 5.82. The molecule has 0 aromatic heterocycles. The third-order valence-electron chi connectivity index (χ3n) is 5.26. The van der Waals surface area contributed by atoms with Gasteiger partial charge in [-0.2, -0.15) is 0 Å². The number of nitrogens with one attached hydrogen (secondary N) is 3. The first-order valence-electron chi connectivity index (χ1n) is 8.73. The molecule has 0 unspecified atom stereocenters. The smallest absolute Gasteiger partial charge is 0.228 e. The number of allylic oxidation sites excluding steroid dienone is 1. The van der Waals surface area contributed by atoms with Crippen LogP contribution in [0.4, 0.5) is 0 Å². The van der Waals surface area contributed by atoms with Crippen molar-refractivity contribution in [1.82, 2.24) is 16.0 Å². The van der Waals surface area contributed by atoms with Crippen molar-refractivity contribution in [3.05, 3.63) is 34.8 Å². The van der Waals surface area contributed by atoms with Gasteiger partial charge in [0.05, 0.1) is 0 Å². The summed E-state index contributed by atoms with van der Waals surface area (Å²) in [5.41, 5.74) is 4.12. The topological polar surface area (TPSA) is 53.2 Å². The molecule has 0 spiro atoms. The molecule has 1 amide bonds. The Morgan fingerprint density at radius 2 is 1.68 bits per heavy atom. The first-order valence-corrected chi connectivity index (χ1v) is 8.73. The van der Waals surface area contributed by atoms with Crippen molar-refractivity contribution in [3.63, 3.8) is 0 Å². The van der Waals surface area contributed by atoms with Crippen molar-refractivity contribution in [2.24, 2.45) is 11.8 Å². The van der Waals surface area contributed by atoms with Crippen molar-refractivity contribution in [3.8, 4) is 0 Å². The van der Waals surface area contributed by atoms with E-state index in [-0.39, 0.29) is 11.8 Å². The van der Waals surface area contributed by atoms with E-state index in [2.05, 4.69) is 28.1 Å². The minimum absolute atomic E-state index is 0.171. The molecule has 118 valence electrons. The van der Waals surface area contributed by atoms with E-state index in [1.165, 1.54) is 48.9 Å². The quantitative estimate of drug-likeness (QED) is 0.749. The zero-order valence-corrected chi connectivity index (χ0v) is 13.1. The molecule has 4 aliphatic rings. The Hall–Kier alpha value is -1.71. The molecule has 0 aromatic carbocycles. The Kier molecular flexibility index (Phi) is 3.68. The third-order valence-corrected chi connectivity index (χ3v) is 5.26. The lowest BCUT2D eigenvalue weighted by atomic mass is 9.84. The van der Waals surface area contributed by atoms with Gasteiger partial charge in [0.15, 0.2) is 0 Å². The van der Waals surface area contributed by atoms with E-state index in [1.807, 2.05) is 0 Å².